The van der Waals surface area contributed by atoms with Gasteiger partial charge in [-0.15, -0.1) is 0 Å². The van der Waals surface area contributed by atoms with Crippen molar-refractivity contribution in [3.05, 3.63) is 101 Å². The largest absolute Gasteiger partial charge is 0.497 e. The Labute approximate surface area is 203 Å². The second-order valence-corrected chi connectivity index (χ2v) is 8.34. The van der Waals surface area contributed by atoms with Crippen molar-refractivity contribution in [2.45, 2.75) is 25.4 Å². The maximum atomic E-state index is 12.9. The molecule has 0 atom stereocenters. The summed E-state index contributed by atoms with van der Waals surface area (Å²) in [6.07, 6.45) is 3.80. The second-order valence-electron chi connectivity index (χ2n) is 8.34. The van der Waals surface area contributed by atoms with E-state index in [1.54, 1.807) is 43.5 Å². The normalized spacial score (nSPS) is 13.1. The molecule has 0 aliphatic heterocycles. The minimum atomic E-state index is -0.991. The SMILES string of the molecule is COc1ccc(C(=Cc2ccc(C(=O)NCc3ccc(C(=O)O)cc3)cc2)C(=O)NC2CC2)cc1. The minimum Gasteiger partial charge on any atom is -0.497 e. The van der Waals surface area contributed by atoms with Crippen molar-refractivity contribution < 1.29 is 24.2 Å². The fraction of sp³-hybridized carbons (Fsp3) is 0.179. The molecule has 2 amide bonds. The van der Waals surface area contributed by atoms with Crippen molar-refractivity contribution in [1.82, 2.24) is 10.6 Å². The van der Waals surface area contributed by atoms with Crippen LogP contribution in [0.5, 0.6) is 5.75 Å². The Morgan fingerprint density at radius 3 is 2.06 bits per heavy atom. The fourth-order valence-corrected chi connectivity index (χ4v) is 3.49. The average Bonchev–Trinajstić information content (AvgIpc) is 3.70. The minimum absolute atomic E-state index is 0.131. The zero-order valence-electron chi connectivity index (χ0n) is 19.3. The van der Waals surface area contributed by atoms with Crippen LogP contribution >= 0.6 is 0 Å². The van der Waals surface area contributed by atoms with Gasteiger partial charge in [0.2, 0.25) is 0 Å². The number of benzene rings is 3. The Balaban J connectivity index is 1.46. The van der Waals surface area contributed by atoms with Gasteiger partial charge in [0.1, 0.15) is 5.75 Å². The van der Waals surface area contributed by atoms with Crippen molar-refractivity contribution in [3.63, 3.8) is 0 Å². The van der Waals surface area contributed by atoms with Crippen molar-refractivity contribution in [2.24, 2.45) is 0 Å². The van der Waals surface area contributed by atoms with Crippen LogP contribution in [0.2, 0.25) is 0 Å². The molecule has 0 spiro atoms. The number of hydrogen-bond donors (Lipinski definition) is 3. The number of methoxy groups -OCH3 is 1. The highest BCUT2D eigenvalue weighted by Gasteiger charge is 2.25. The van der Waals surface area contributed by atoms with Gasteiger partial charge in [0.05, 0.1) is 12.7 Å². The molecule has 35 heavy (non-hydrogen) atoms. The highest BCUT2D eigenvalue weighted by molar-refractivity contribution is 6.24. The van der Waals surface area contributed by atoms with E-state index in [1.807, 2.05) is 30.3 Å². The van der Waals surface area contributed by atoms with E-state index in [4.69, 9.17) is 9.84 Å². The van der Waals surface area contributed by atoms with Crippen molar-refractivity contribution >= 4 is 29.4 Å². The first kappa shape index (κ1) is 23.8. The highest BCUT2D eigenvalue weighted by atomic mass is 16.5. The number of ether oxygens (including phenoxy) is 1. The molecule has 0 bridgehead atoms. The number of carbonyl (C=O) groups excluding carboxylic acids is 2. The molecule has 0 unspecified atom stereocenters. The van der Waals surface area contributed by atoms with Gasteiger partial charge in [0.25, 0.3) is 11.8 Å². The number of carboxylic acids is 1. The molecule has 0 heterocycles. The Morgan fingerprint density at radius 1 is 0.886 bits per heavy atom. The van der Waals surface area contributed by atoms with Crippen LogP contribution in [-0.2, 0) is 11.3 Å². The predicted octanol–water partition coefficient (Wildman–Crippen LogP) is 4.14. The molecule has 3 aromatic rings. The van der Waals surface area contributed by atoms with Gasteiger partial charge in [0, 0.05) is 23.7 Å². The number of rotatable bonds is 9. The predicted molar refractivity (Wildman–Crippen MR) is 133 cm³/mol. The summed E-state index contributed by atoms with van der Waals surface area (Å²) in [7, 11) is 1.60. The van der Waals surface area contributed by atoms with Crippen LogP contribution in [0.3, 0.4) is 0 Å². The topological polar surface area (TPSA) is 105 Å². The lowest BCUT2D eigenvalue weighted by Crippen LogP contribution is -2.26. The summed E-state index contributed by atoms with van der Waals surface area (Å²) in [5, 5.41) is 14.8. The van der Waals surface area contributed by atoms with Gasteiger partial charge in [-0.3, -0.25) is 9.59 Å². The Hall–Kier alpha value is -4.39. The van der Waals surface area contributed by atoms with Gasteiger partial charge >= 0.3 is 5.97 Å². The third kappa shape index (κ3) is 6.35. The summed E-state index contributed by atoms with van der Waals surface area (Å²) in [4.78, 5) is 36.4. The summed E-state index contributed by atoms with van der Waals surface area (Å²) in [6.45, 7) is 0.281. The summed E-state index contributed by atoms with van der Waals surface area (Å²) in [5.41, 5.74) is 3.60. The third-order valence-corrected chi connectivity index (χ3v) is 5.70. The molecule has 1 aliphatic carbocycles. The quantitative estimate of drug-likeness (QED) is 0.322. The van der Waals surface area contributed by atoms with Gasteiger partial charge in [-0.25, -0.2) is 4.79 Å². The second kappa shape index (κ2) is 10.7. The molecule has 7 heteroatoms. The van der Waals surface area contributed by atoms with Crippen molar-refractivity contribution in [3.8, 4) is 5.75 Å². The van der Waals surface area contributed by atoms with E-state index in [2.05, 4.69) is 10.6 Å². The van der Waals surface area contributed by atoms with Gasteiger partial charge in [-0.1, -0.05) is 36.4 Å². The highest BCUT2D eigenvalue weighted by Crippen LogP contribution is 2.25. The van der Waals surface area contributed by atoms with E-state index < -0.39 is 5.97 Å². The Bertz CT molecular complexity index is 1240. The van der Waals surface area contributed by atoms with Crippen LogP contribution < -0.4 is 15.4 Å². The number of hydrogen-bond acceptors (Lipinski definition) is 4. The zero-order valence-corrected chi connectivity index (χ0v) is 19.3. The molecule has 1 aliphatic rings. The first-order chi connectivity index (χ1) is 16.9. The number of carboxylic acid groups (broad SMARTS) is 1. The fourth-order valence-electron chi connectivity index (χ4n) is 3.49. The summed E-state index contributed by atoms with van der Waals surface area (Å²) < 4.78 is 5.22. The molecule has 178 valence electrons. The first-order valence-corrected chi connectivity index (χ1v) is 11.3. The standard InChI is InChI=1S/C28H26N2O5/c1-35-24-14-10-20(11-15-24)25(27(32)30-23-12-13-23)16-18-2-6-21(7-3-18)26(31)29-17-19-4-8-22(9-5-19)28(33)34/h2-11,14-16,23H,12-13,17H2,1H3,(H,29,31)(H,30,32)(H,33,34). The van der Waals surface area contributed by atoms with E-state index in [0.29, 0.717) is 16.9 Å². The van der Waals surface area contributed by atoms with Gasteiger partial charge in [0.15, 0.2) is 0 Å². The van der Waals surface area contributed by atoms with E-state index in [9.17, 15) is 14.4 Å². The van der Waals surface area contributed by atoms with Crippen molar-refractivity contribution in [1.29, 1.82) is 0 Å². The first-order valence-electron chi connectivity index (χ1n) is 11.3. The van der Waals surface area contributed by atoms with Gasteiger partial charge < -0.3 is 20.5 Å². The Kier molecular flexibility index (Phi) is 7.26. The van der Waals surface area contributed by atoms with Crippen LogP contribution in [0, 0.1) is 0 Å². The summed E-state index contributed by atoms with van der Waals surface area (Å²) >= 11 is 0. The molecule has 3 N–H and O–H groups in total. The average molecular weight is 471 g/mol. The van der Waals surface area contributed by atoms with Crippen LogP contribution in [0.25, 0.3) is 11.6 Å². The number of aromatic carboxylic acids is 1. The molecule has 0 saturated heterocycles. The molecule has 3 aromatic carbocycles. The molecule has 7 nitrogen and oxygen atoms in total. The van der Waals surface area contributed by atoms with E-state index in [-0.39, 0.29) is 30.0 Å². The van der Waals surface area contributed by atoms with Crippen LogP contribution in [-0.4, -0.2) is 36.0 Å². The van der Waals surface area contributed by atoms with Gasteiger partial charge in [-0.05, 0) is 72.0 Å². The van der Waals surface area contributed by atoms with Gasteiger partial charge in [-0.2, -0.15) is 0 Å². The number of amides is 2. The van der Waals surface area contributed by atoms with Crippen LogP contribution in [0.4, 0.5) is 0 Å². The Morgan fingerprint density at radius 2 is 1.49 bits per heavy atom. The van der Waals surface area contributed by atoms with E-state index in [1.165, 1.54) is 12.1 Å². The number of carbonyl (C=O) groups is 3. The van der Waals surface area contributed by atoms with E-state index >= 15 is 0 Å². The molecular formula is C28H26N2O5. The molecule has 4 rings (SSSR count). The molecule has 1 fully saturated rings. The van der Waals surface area contributed by atoms with Crippen molar-refractivity contribution in [2.75, 3.05) is 7.11 Å². The molecule has 0 radical (unpaired) electrons. The number of nitrogens with one attached hydrogen (secondary N) is 2. The molecule has 1 saturated carbocycles. The maximum Gasteiger partial charge on any atom is 0.335 e. The third-order valence-electron chi connectivity index (χ3n) is 5.70. The smallest absolute Gasteiger partial charge is 0.335 e. The lowest BCUT2D eigenvalue weighted by molar-refractivity contribution is -0.115. The molecule has 0 aromatic heterocycles. The molecular weight excluding hydrogens is 444 g/mol. The van der Waals surface area contributed by atoms with Crippen LogP contribution in [0.15, 0.2) is 72.8 Å². The lowest BCUT2D eigenvalue weighted by atomic mass is 10.0. The van der Waals surface area contributed by atoms with E-state index in [0.717, 1.165) is 29.5 Å². The van der Waals surface area contributed by atoms with Crippen LogP contribution in [0.1, 0.15) is 50.2 Å². The summed E-state index contributed by atoms with van der Waals surface area (Å²) in [5.74, 6) is -0.656. The zero-order chi connectivity index (χ0) is 24.8. The summed E-state index contributed by atoms with van der Waals surface area (Å²) in [6, 6.07) is 20.9. The lowest BCUT2D eigenvalue weighted by Gasteiger charge is -2.10. The maximum absolute atomic E-state index is 12.9. The monoisotopic (exact) mass is 470 g/mol.